The molecule has 1 atom stereocenters. The van der Waals surface area contributed by atoms with E-state index in [0.717, 1.165) is 31.6 Å². The summed E-state index contributed by atoms with van der Waals surface area (Å²) in [5.74, 6) is 0. The van der Waals surface area contributed by atoms with Crippen molar-refractivity contribution in [2.45, 2.75) is 45.3 Å². The van der Waals surface area contributed by atoms with Gasteiger partial charge in [-0.15, -0.1) is 0 Å². The van der Waals surface area contributed by atoms with Crippen LogP contribution in [0.25, 0.3) is 0 Å². The molecule has 5 heteroatoms. The summed E-state index contributed by atoms with van der Waals surface area (Å²) in [6, 6.07) is 2.84. The zero-order valence-corrected chi connectivity index (χ0v) is 10.7. The van der Waals surface area contributed by atoms with Crippen molar-refractivity contribution in [1.82, 2.24) is 10.3 Å². The smallest absolute Gasteiger partial charge is 0.314 e. The lowest BCUT2D eigenvalue weighted by atomic mass is 10.1. The van der Waals surface area contributed by atoms with Crippen molar-refractivity contribution in [3.8, 4) is 0 Å². The highest BCUT2D eigenvalue weighted by molar-refractivity contribution is 5.17. The summed E-state index contributed by atoms with van der Waals surface area (Å²) in [6.07, 6.45) is -0.699. The molecule has 0 saturated heterocycles. The van der Waals surface area contributed by atoms with Gasteiger partial charge in [-0.1, -0.05) is 20.3 Å². The third kappa shape index (κ3) is 4.64. The summed E-state index contributed by atoms with van der Waals surface area (Å²) in [7, 11) is 0. The molecule has 1 aromatic heterocycles. The van der Waals surface area contributed by atoms with E-state index in [1.807, 2.05) is 6.92 Å². The predicted molar refractivity (Wildman–Crippen MR) is 65.3 cm³/mol. The SMILES string of the molecule is CCCC(Cc1ccc(C(F)(F)F)cn1)NCC. The third-order valence-corrected chi connectivity index (χ3v) is 2.74. The first-order valence-corrected chi connectivity index (χ1v) is 6.22. The Kier molecular flexibility index (Phi) is 5.59. The number of hydrogen-bond acceptors (Lipinski definition) is 2. The summed E-state index contributed by atoms with van der Waals surface area (Å²) in [4.78, 5) is 3.89. The normalized spacial score (nSPS) is 13.6. The monoisotopic (exact) mass is 260 g/mol. The molecule has 0 amide bonds. The molecule has 0 radical (unpaired) electrons. The van der Waals surface area contributed by atoms with Gasteiger partial charge in [-0.2, -0.15) is 13.2 Å². The minimum atomic E-state index is -4.31. The number of aromatic nitrogens is 1. The molecule has 0 saturated carbocycles. The lowest BCUT2D eigenvalue weighted by molar-refractivity contribution is -0.137. The topological polar surface area (TPSA) is 24.9 Å². The van der Waals surface area contributed by atoms with Crippen LogP contribution in [0.4, 0.5) is 13.2 Å². The number of alkyl halides is 3. The van der Waals surface area contributed by atoms with E-state index in [9.17, 15) is 13.2 Å². The Balaban J connectivity index is 2.67. The fourth-order valence-electron chi connectivity index (χ4n) is 1.88. The molecule has 0 aliphatic heterocycles. The number of likely N-dealkylation sites (N-methyl/N-ethyl adjacent to an activating group) is 1. The Morgan fingerprint density at radius 1 is 1.28 bits per heavy atom. The maximum Gasteiger partial charge on any atom is 0.417 e. The van der Waals surface area contributed by atoms with Gasteiger partial charge in [0.25, 0.3) is 0 Å². The number of nitrogens with one attached hydrogen (secondary N) is 1. The highest BCUT2D eigenvalue weighted by atomic mass is 19.4. The Labute approximate surface area is 106 Å². The Hall–Kier alpha value is -1.10. The van der Waals surface area contributed by atoms with Crippen molar-refractivity contribution < 1.29 is 13.2 Å². The van der Waals surface area contributed by atoms with E-state index in [0.29, 0.717) is 12.1 Å². The Morgan fingerprint density at radius 2 is 2.00 bits per heavy atom. The molecule has 2 nitrogen and oxygen atoms in total. The van der Waals surface area contributed by atoms with Crippen LogP contribution in [-0.4, -0.2) is 17.6 Å². The van der Waals surface area contributed by atoms with Crippen LogP contribution in [0, 0.1) is 0 Å². The van der Waals surface area contributed by atoms with E-state index in [1.165, 1.54) is 6.07 Å². The van der Waals surface area contributed by atoms with Gasteiger partial charge >= 0.3 is 6.18 Å². The van der Waals surface area contributed by atoms with E-state index in [-0.39, 0.29) is 6.04 Å². The molecule has 102 valence electrons. The molecule has 0 fully saturated rings. The third-order valence-electron chi connectivity index (χ3n) is 2.74. The number of nitrogens with zero attached hydrogens (tertiary/aromatic N) is 1. The molecule has 0 aliphatic carbocycles. The molecule has 0 aliphatic rings. The molecule has 1 heterocycles. The molecule has 18 heavy (non-hydrogen) atoms. The molecule has 1 aromatic rings. The van der Waals surface area contributed by atoms with Crippen LogP contribution < -0.4 is 5.32 Å². The number of hydrogen-bond donors (Lipinski definition) is 1. The second-order valence-electron chi connectivity index (χ2n) is 4.28. The molecular weight excluding hydrogens is 241 g/mol. The van der Waals surface area contributed by atoms with E-state index in [4.69, 9.17) is 0 Å². The zero-order chi connectivity index (χ0) is 13.6. The maximum atomic E-state index is 12.4. The minimum absolute atomic E-state index is 0.282. The summed E-state index contributed by atoms with van der Waals surface area (Å²) in [6.45, 7) is 4.96. The van der Waals surface area contributed by atoms with E-state index < -0.39 is 11.7 Å². The van der Waals surface area contributed by atoms with Crippen LogP contribution in [0.2, 0.25) is 0 Å². The van der Waals surface area contributed by atoms with E-state index in [1.54, 1.807) is 0 Å². The molecule has 0 spiro atoms. The minimum Gasteiger partial charge on any atom is -0.314 e. The summed E-state index contributed by atoms with van der Waals surface area (Å²) < 4.78 is 37.1. The lowest BCUT2D eigenvalue weighted by Gasteiger charge is -2.16. The largest absolute Gasteiger partial charge is 0.417 e. The Morgan fingerprint density at radius 3 is 2.44 bits per heavy atom. The van der Waals surface area contributed by atoms with Gasteiger partial charge < -0.3 is 5.32 Å². The van der Waals surface area contributed by atoms with Crippen LogP contribution in [0.1, 0.15) is 37.9 Å². The molecular formula is C13H19F3N2. The highest BCUT2D eigenvalue weighted by Gasteiger charge is 2.30. The lowest BCUT2D eigenvalue weighted by Crippen LogP contribution is -2.31. The van der Waals surface area contributed by atoms with Gasteiger partial charge in [0.1, 0.15) is 0 Å². The summed E-state index contributed by atoms with van der Waals surface area (Å²) in [5, 5.41) is 3.31. The van der Waals surface area contributed by atoms with Crippen LogP contribution in [0.5, 0.6) is 0 Å². The van der Waals surface area contributed by atoms with Gasteiger partial charge in [-0.25, -0.2) is 0 Å². The van der Waals surface area contributed by atoms with Gasteiger partial charge in [0, 0.05) is 24.4 Å². The van der Waals surface area contributed by atoms with Crippen molar-refractivity contribution >= 4 is 0 Å². The van der Waals surface area contributed by atoms with Crippen molar-refractivity contribution in [3.05, 3.63) is 29.6 Å². The fourth-order valence-corrected chi connectivity index (χ4v) is 1.88. The second-order valence-corrected chi connectivity index (χ2v) is 4.28. The van der Waals surface area contributed by atoms with Crippen LogP contribution in [0.3, 0.4) is 0 Å². The summed E-state index contributed by atoms with van der Waals surface area (Å²) in [5.41, 5.74) is 0.00384. The van der Waals surface area contributed by atoms with Crippen molar-refractivity contribution in [3.63, 3.8) is 0 Å². The van der Waals surface area contributed by atoms with Crippen molar-refractivity contribution in [2.24, 2.45) is 0 Å². The molecule has 1 unspecified atom stereocenters. The first kappa shape index (κ1) is 15.0. The number of pyridine rings is 1. The molecule has 1 N–H and O–H groups in total. The first-order chi connectivity index (χ1) is 8.47. The van der Waals surface area contributed by atoms with Gasteiger partial charge in [-0.05, 0) is 25.1 Å². The molecule has 0 bridgehead atoms. The summed E-state index contributed by atoms with van der Waals surface area (Å²) >= 11 is 0. The van der Waals surface area contributed by atoms with E-state index in [2.05, 4.69) is 17.2 Å². The standard InChI is InChI=1S/C13H19F3N2/c1-3-5-11(17-4-2)8-12-7-6-10(9-18-12)13(14,15)16/h6-7,9,11,17H,3-5,8H2,1-2H3. The second kappa shape index (κ2) is 6.73. The average molecular weight is 260 g/mol. The van der Waals surface area contributed by atoms with Crippen LogP contribution in [0.15, 0.2) is 18.3 Å². The highest BCUT2D eigenvalue weighted by Crippen LogP contribution is 2.28. The number of halogens is 3. The number of rotatable bonds is 6. The van der Waals surface area contributed by atoms with Gasteiger partial charge in [0.05, 0.1) is 5.56 Å². The predicted octanol–water partition coefficient (Wildman–Crippen LogP) is 3.42. The first-order valence-electron chi connectivity index (χ1n) is 6.22. The van der Waals surface area contributed by atoms with Crippen molar-refractivity contribution in [2.75, 3.05) is 6.54 Å². The fraction of sp³-hybridized carbons (Fsp3) is 0.615. The quantitative estimate of drug-likeness (QED) is 0.847. The van der Waals surface area contributed by atoms with Crippen LogP contribution in [-0.2, 0) is 12.6 Å². The molecule has 1 rings (SSSR count). The maximum absolute atomic E-state index is 12.4. The van der Waals surface area contributed by atoms with Crippen LogP contribution >= 0.6 is 0 Å². The van der Waals surface area contributed by atoms with Crippen molar-refractivity contribution in [1.29, 1.82) is 0 Å². The van der Waals surface area contributed by atoms with Gasteiger partial charge in [-0.3, -0.25) is 4.98 Å². The average Bonchev–Trinajstić information content (AvgIpc) is 2.29. The molecule has 0 aromatic carbocycles. The van der Waals surface area contributed by atoms with E-state index >= 15 is 0 Å². The zero-order valence-electron chi connectivity index (χ0n) is 10.7. The van der Waals surface area contributed by atoms with Gasteiger partial charge in [0.2, 0.25) is 0 Å². The van der Waals surface area contributed by atoms with Gasteiger partial charge in [0.15, 0.2) is 0 Å². The Bertz CT molecular complexity index is 340.